The van der Waals surface area contributed by atoms with Gasteiger partial charge in [0, 0.05) is 16.7 Å². The van der Waals surface area contributed by atoms with Gasteiger partial charge >= 0.3 is 0 Å². The van der Waals surface area contributed by atoms with Crippen molar-refractivity contribution in [1.82, 2.24) is 0 Å². The third-order valence-electron chi connectivity index (χ3n) is 10.9. The fourth-order valence-electron chi connectivity index (χ4n) is 8.71. The van der Waals surface area contributed by atoms with Crippen molar-refractivity contribution in [2.24, 2.45) is 4.99 Å². The molecule has 1 unspecified atom stereocenters. The highest BCUT2D eigenvalue weighted by molar-refractivity contribution is 6.24. The molecule has 0 N–H and O–H groups in total. The van der Waals surface area contributed by atoms with Gasteiger partial charge in [-0.2, -0.15) is 0 Å². The Hall–Kier alpha value is -6.77. The molecule has 9 aromatic rings. The number of hydrogen-bond donors (Lipinski definition) is 0. The van der Waals surface area contributed by atoms with Crippen LogP contribution in [0.5, 0.6) is 11.5 Å². The average molecular weight is 662 g/mol. The minimum atomic E-state index is -0.00220. The van der Waals surface area contributed by atoms with Crippen molar-refractivity contribution < 1.29 is 4.74 Å². The zero-order chi connectivity index (χ0) is 34.2. The van der Waals surface area contributed by atoms with Crippen LogP contribution in [0.2, 0.25) is 0 Å². The summed E-state index contributed by atoms with van der Waals surface area (Å²) in [5.41, 5.74) is 12.6. The molecule has 0 aliphatic carbocycles. The molecule has 2 aliphatic rings. The van der Waals surface area contributed by atoms with Crippen molar-refractivity contribution in [3.63, 3.8) is 0 Å². The first-order valence-corrected chi connectivity index (χ1v) is 17.9. The quantitative estimate of drug-likeness (QED) is 0.172. The van der Waals surface area contributed by atoms with Crippen LogP contribution in [0.25, 0.3) is 65.7 Å². The smallest absolute Gasteiger partial charge is 0.139 e. The molecule has 2 nitrogen and oxygen atoms in total. The SMILES string of the molecule is c1ccc(C2=Nc3cccc4c3C2c2cccc(-c3ccc5c(-c6ccccc6)c6ccccc6c(-c6cccc7ccccc67)c5c3)c2O4)cc1. The maximum Gasteiger partial charge on any atom is 0.139 e. The Labute approximate surface area is 301 Å². The molecule has 9 aromatic carbocycles. The summed E-state index contributed by atoms with van der Waals surface area (Å²) in [4.78, 5) is 5.19. The summed E-state index contributed by atoms with van der Waals surface area (Å²) in [5, 5.41) is 7.41. The standard InChI is InChI=1S/C50H31NO/c1-3-15-32(16-4-1)45-38-21-9-10-22-39(38)46(37-24-11-19-31-14-7-8-20-35(31)37)42-30-34(28-29-40(42)45)36-23-12-25-41-47-48-43(26-13-27-44(48)52-50(36)41)51-49(47)33-17-5-2-6-18-33/h1-30,47H. The normalized spacial score (nSPS) is 14.2. The van der Waals surface area contributed by atoms with Crippen LogP contribution in [0.4, 0.5) is 5.69 Å². The summed E-state index contributed by atoms with van der Waals surface area (Å²) in [6.07, 6.45) is 0. The number of hydrogen-bond acceptors (Lipinski definition) is 2. The third-order valence-corrected chi connectivity index (χ3v) is 10.9. The first kappa shape index (κ1) is 29.0. The summed E-state index contributed by atoms with van der Waals surface area (Å²) in [6, 6.07) is 65.6. The highest BCUT2D eigenvalue weighted by atomic mass is 16.5. The predicted molar refractivity (Wildman–Crippen MR) is 216 cm³/mol. The van der Waals surface area contributed by atoms with Crippen LogP contribution >= 0.6 is 0 Å². The molecule has 0 spiro atoms. The van der Waals surface area contributed by atoms with Crippen molar-refractivity contribution in [3.8, 4) is 44.9 Å². The van der Waals surface area contributed by atoms with E-state index in [1.807, 2.05) is 0 Å². The fraction of sp³-hybridized carbons (Fsp3) is 0.0200. The molecule has 2 heteroatoms. The second-order valence-corrected chi connectivity index (χ2v) is 13.8. The van der Waals surface area contributed by atoms with E-state index < -0.39 is 0 Å². The number of ether oxygens (including phenoxy) is 1. The van der Waals surface area contributed by atoms with E-state index in [2.05, 4.69) is 182 Å². The molecular formula is C50H31NO. The maximum atomic E-state index is 6.91. The lowest BCUT2D eigenvalue weighted by Gasteiger charge is -2.28. The number of rotatable bonds is 4. The molecule has 52 heavy (non-hydrogen) atoms. The van der Waals surface area contributed by atoms with Gasteiger partial charge in [0.1, 0.15) is 11.5 Å². The molecule has 0 radical (unpaired) electrons. The van der Waals surface area contributed by atoms with Crippen molar-refractivity contribution in [3.05, 3.63) is 199 Å². The van der Waals surface area contributed by atoms with Crippen molar-refractivity contribution in [1.29, 1.82) is 0 Å². The van der Waals surface area contributed by atoms with Crippen LogP contribution in [0.1, 0.15) is 22.6 Å². The van der Waals surface area contributed by atoms with Gasteiger partial charge in [0.15, 0.2) is 0 Å². The van der Waals surface area contributed by atoms with E-state index in [-0.39, 0.29) is 5.92 Å². The van der Waals surface area contributed by atoms with Gasteiger partial charge in [0.25, 0.3) is 0 Å². The van der Waals surface area contributed by atoms with E-state index in [1.54, 1.807) is 0 Å². The first-order chi connectivity index (χ1) is 25.8. The topological polar surface area (TPSA) is 21.6 Å². The largest absolute Gasteiger partial charge is 0.456 e. The highest BCUT2D eigenvalue weighted by Gasteiger charge is 2.38. The van der Waals surface area contributed by atoms with Crippen LogP contribution < -0.4 is 4.74 Å². The zero-order valence-corrected chi connectivity index (χ0v) is 28.3. The Morgan fingerprint density at radius 2 is 1.06 bits per heavy atom. The molecule has 2 aliphatic heterocycles. The van der Waals surface area contributed by atoms with Crippen LogP contribution in [-0.2, 0) is 0 Å². The number of fused-ring (bicyclic) bond motifs is 5. The molecule has 0 bridgehead atoms. The van der Waals surface area contributed by atoms with E-state index in [0.29, 0.717) is 0 Å². The van der Waals surface area contributed by atoms with E-state index >= 15 is 0 Å². The lowest BCUT2D eigenvalue weighted by Crippen LogP contribution is -2.16. The Bertz CT molecular complexity index is 2920. The maximum absolute atomic E-state index is 6.91. The van der Waals surface area contributed by atoms with Gasteiger partial charge in [0.2, 0.25) is 0 Å². The molecule has 2 heterocycles. The lowest BCUT2D eigenvalue weighted by atomic mass is 9.81. The number of benzene rings is 9. The molecule has 11 rings (SSSR count). The van der Waals surface area contributed by atoms with Crippen LogP contribution in [-0.4, -0.2) is 5.71 Å². The van der Waals surface area contributed by atoms with E-state index in [4.69, 9.17) is 9.73 Å². The number of nitrogens with zero attached hydrogens (tertiary/aromatic N) is 1. The Morgan fingerprint density at radius 3 is 1.88 bits per heavy atom. The van der Waals surface area contributed by atoms with Crippen LogP contribution in [0.15, 0.2) is 187 Å². The van der Waals surface area contributed by atoms with Crippen LogP contribution in [0.3, 0.4) is 0 Å². The van der Waals surface area contributed by atoms with Gasteiger partial charge in [0.05, 0.1) is 17.3 Å². The minimum Gasteiger partial charge on any atom is -0.456 e. The van der Waals surface area contributed by atoms with Gasteiger partial charge < -0.3 is 4.74 Å². The second-order valence-electron chi connectivity index (χ2n) is 13.8. The zero-order valence-electron chi connectivity index (χ0n) is 28.3. The average Bonchev–Trinajstić information content (AvgIpc) is 3.61. The predicted octanol–water partition coefficient (Wildman–Crippen LogP) is 13.5. The van der Waals surface area contributed by atoms with Gasteiger partial charge in [-0.3, -0.25) is 4.99 Å². The van der Waals surface area contributed by atoms with Gasteiger partial charge in [-0.05, 0) is 83.9 Å². The van der Waals surface area contributed by atoms with E-state index in [1.165, 1.54) is 54.6 Å². The molecule has 1 atom stereocenters. The fourth-order valence-corrected chi connectivity index (χ4v) is 8.71. The molecule has 0 fully saturated rings. The number of aliphatic imine (C=N–C) groups is 1. The second kappa shape index (κ2) is 11.4. The first-order valence-electron chi connectivity index (χ1n) is 17.9. The van der Waals surface area contributed by atoms with Crippen LogP contribution in [0, 0.1) is 0 Å². The summed E-state index contributed by atoms with van der Waals surface area (Å²) < 4.78 is 6.91. The Balaban J connectivity index is 1.20. The van der Waals surface area contributed by atoms with E-state index in [9.17, 15) is 0 Å². The lowest BCUT2D eigenvalue weighted by molar-refractivity contribution is 0.460. The van der Waals surface area contributed by atoms with Gasteiger partial charge in [-0.1, -0.05) is 164 Å². The Morgan fingerprint density at radius 1 is 0.423 bits per heavy atom. The third kappa shape index (κ3) is 4.28. The van der Waals surface area contributed by atoms with Crippen molar-refractivity contribution in [2.75, 3.05) is 0 Å². The van der Waals surface area contributed by atoms with Crippen molar-refractivity contribution >= 4 is 43.7 Å². The van der Waals surface area contributed by atoms with Gasteiger partial charge in [-0.15, -0.1) is 0 Å². The summed E-state index contributed by atoms with van der Waals surface area (Å²) in [6.45, 7) is 0. The Kier molecular flexibility index (Phi) is 6.35. The van der Waals surface area contributed by atoms with Crippen molar-refractivity contribution in [2.45, 2.75) is 5.92 Å². The molecule has 0 saturated carbocycles. The summed E-state index contributed by atoms with van der Waals surface area (Å²) in [5.74, 6) is 1.78. The van der Waals surface area contributed by atoms with E-state index in [0.717, 1.165) is 50.7 Å². The minimum absolute atomic E-state index is 0.00220. The molecule has 0 aromatic heterocycles. The number of para-hydroxylation sites is 1. The monoisotopic (exact) mass is 661 g/mol. The summed E-state index contributed by atoms with van der Waals surface area (Å²) in [7, 11) is 0. The molecule has 0 amide bonds. The molecule has 0 saturated heterocycles. The molecule has 242 valence electrons. The molecular weight excluding hydrogens is 631 g/mol. The summed E-state index contributed by atoms with van der Waals surface area (Å²) >= 11 is 0. The van der Waals surface area contributed by atoms with Gasteiger partial charge in [-0.25, -0.2) is 0 Å². The highest BCUT2D eigenvalue weighted by Crippen LogP contribution is 2.56.